The number of aromatic nitrogens is 1. The van der Waals surface area contributed by atoms with E-state index in [0.29, 0.717) is 12.1 Å². The standard InChI is InChI=1S/C13H22N4/c1-10(2)16-13-8-12(4-6-15-13)17-7-5-11(9-17)14-3/h4,6,8,10-11,14H,5,7,9H2,1-3H3,(H,15,16)/t11-/m1/s1. The molecule has 1 aromatic heterocycles. The maximum Gasteiger partial charge on any atom is 0.128 e. The lowest BCUT2D eigenvalue weighted by atomic mass is 10.3. The van der Waals surface area contributed by atoms with Gasteiger partial charge in [-0.1, -0.05) is 0 Å². The van der Waals surface area contributed by atoms with Gasteiger partial charge in [-0.3, -0.25) is 0 Å². The van der Waals surface area contributed by atoms with Crippen molar-refractivity contribution in [1.82, 2.24) is 10.3 Å². The second-order valence-corrected chi connectivity index (χ2v) is 4.92. The molecule has 2 N–H and O–H groups in total. The molecule has 4 nitrogen and oxygen atoms in total. The lowest BCUT2D eigenvalue weighted by Crippen LogP contribution is -2.29. The highest BCUT2D eigenvalue weighted by Gasteiger charge is 2.21. The molecule has 17 heavy (non-hydrogen) atoms. The van der Waals surface area contributed by atoms with Gasteiger partial charge in [-0.2, -0.15) is 0 Å². The maximum atomic E-state index is 4.34. The van der Waals surface area contributed by atoms with Gasteiger partial charge >= 0.3 is 0 Å². The van der Waals surface area contributed by atoms with Crippen molar-refractivity contribution in [1.29, 1.82) is 0 Å². The van der Waals surface area contributed by atoms with Crippen molar-refractivity contribution in [3.63, 3.8) is 0 Å². The number of nitrogens with zero attached hydrogens (tertiary/aromatic N) is 2. The van der Waals surface area contributed by atoms with Crippen LogP contribution in [0.25, 0.3) is 0 Å². The van der Waals surface area contributed by atoms with Crippen LogP contribution in [0.4, 0.5) is 11.5 Å². The predicted molar refractivity (Wildman–Crippen MR) is 72.7 cm³/mol. The first kappa shape index (κ1) is 12.2. The van der Waals surface area contributed by atoms with Crippen molar-refractivity contribution in [3.05, 3.63) is 18.3 Å². The summed E-state index contributed by atoms with van der Waals surface area (Å²) in [5.74, 6) is 0.963. The minimum Gasteiger partial charge on any atom is -0.370 e. The van der Waals surface area contributed by atoms with Crippen LogP contribution in [-0.4, -0.2) is 37.2 Å². The van der Waals surface area contributed by atoms with Gasteiger partial charge in [-0.15, -0.1) is 0 Å². The van der Waals surface area contributed by atoms with Crippen molar-refractivity contribution in [2.45, 2.75) is 32.4 Å². The Balaban J connectivity index is 2.06. The van der Waals surface area contributed by atoms with E-state index in [1.807, 2.05) is 13.2 Å². The summed E-state index contributed by atoms with van der Waals surface area (Å²) in [6.45, 7) is 6.46. The third-order valence-corrected chi connectivity index (χ3v) is 3.14. The maximum absolute atomic E-state index is 4.34. The fourth-order valence-electron chi connectivity index (χ4n) is 2.22. The molecule has 0 spiro atoms. The molecule has 0 radical (unpaired) electrons. The lowest BCUT2D eigenvalue weighted by molar-refractivity contribution is 0.617. The van der Waals surface area contributed by atoms with Gasteiger partial charge in [0, 0.05) is 43.1 Å². The third-order valence-electron chi connectivity index (χ3n) is 3.14. The smallest absolute Gasteiger partial charge is 0.128 e. The van der Waals surface area contributed by atoms with Crippen molar-refractivity contribution in [3.8, 4) is 0 Å². The molecule has 1 saturated heterocycles. The van der Waals surface area contributed by atoms with Gasteiger partial charge in [-0.05, 0) is 33.4 Å². The molecule has 0 unspecified atom stereocenters. The van der Waals surface area contributed by atoms with Crippen LogP contribution in [0.15, 0.2) is 18.3 Å². The van der Waals surface area contributed by atoms with Gasteiger partial charge in [0.2, 0.25) is 0 Å². The molecule has 4 heteroatoms. The van der Waals surface area contributed by atoms with Crippen LogP contribution in [0.3, 0.4) is 0 Å². The molecule has 0 bridgehead atoms. The summed E-state index contributed by atoms with van der Waals surface area (Å²) in [5.41, 5.74) is 1.26. The third kappa shape index (κ3) is 3.09. The predicted octanol–water partition coefficient (Wildman–Crippen LogP) is 1.70. The molecule has 0 amide bonds. The summed E-state index contributed by atoms with van der Waals surface area (Å²) in [5, 5.41) is 6.68. The Hall–Kier alpha value is -1.29. The van der Waals surface area contributed by atoms with Crippen molar-refractivity contribution in [2.24, 2.45) is 0 Å². The highest BCUT2D eigenvalue weighted by atomic mass is 15.2. The minimum atomic E-state index is 0.418. The van der Waals surface area contributed by atoms with E-state index >= 15 is 0 Å². The van der Waals surface area contributed by atoms with E-state index < -0.39 is 0 Å². The van der Waals surface area contributed by atoms with E-state index in [1.54, 1.807) is 0 Å². The Morgan fingerprint density at radius 3 is 2.94 bits per heavy atom. The number of likely N-dealkylation sites (N-methyl/N-ethyl adjacent to an activating group) is 1. The second kappa shape index (κ2) is 5.36. The normalized spacial score (nSPS) is 20.0. The number of hydrogen-bond donors (Lipinski definition) is 2. The summed E-state index contributed by atoms with van der Waals surface area (Å²) in [4.78, 5) is 6.75. The average molecular weight is 234 g/mol. The van der Waals surface area contributed by atoms with Crippen molar-refractivity contribution >= 4 is 11.5 Å². The summed E-state index contributed by atoms with van der Waals surface area (Å²) in [7, 11) is 2.03. The first-order chi connectivity index (χ1) is 8.19. The van der Waals surface area contributed by atoms with Gasteiger partial charge in [0.15, 0.2) is 0 Å². The number of rotatable bonds is 4. The van der Waals surface area contributed by atoms with Crippen LogP contribution >= 0.6 is 0 Å². The Kier molecular flexibility index (Phi) is 3.84. The highest BCUT2D eigenvalue weighted by molar-refractivity contribution is 5.54. The largest absolute Gasteiger partial charge is 0.370 e. The van der Waals surface area contributed by atoms with Gasteiger partial charge in [0.1, 0.15) is 5.82 Å². The summed E-state index contributed by atoms with van der Waals surface area (Å²) in [6, 6.07) is 5.26. The van der Waals surface area contributed by atoms with Crippen LogP contribution in [0, 0.1) is 0 Å². The van der Waals surface area contributed by atoms with Gasteiger partial charge in [-0.25, -0.2) is 4.98 Å². The zero-order valence-electron chi connectivity index (χ0n) is 10.9. The molecular weight excluding hydrogens is 212 g/mol. The zero-order valence-corrected chi connectivity index (χ0v) is 10.9. The molecule has 2 rings (SSSR count). The molecule has 1 aliphatic rings. The first-order valence-corrected chi connectivity index (χ1v) is 6.34. The summed E-state index contributed by atoms with van der Waals surface area (Å²) < 4.78 is 0. The Morgan fingerprint density at radius 1 is 1.47 bits per heavy atom. The molecule has 94 valence electrons. The minimum absolute atomic E-state index is 0.418. The Morgan fingerprint density at radius 2 is 2.29 bits per heavy atom. The molecule has 1 fully saturated rings. The number of pyridine rings is 1. The van der Waals surface area contributed by atoms with E-state index in [1.165, 1.54) is 12.1 Å². The monoisotopic (exact) mass is 234 g/mol. The molecule has 1 aliphatic heterocycles. The first-order valence-electron chi connectivity index (χ1n) is 6.34. The molecule has 1 atom stereocenters. The fourth-order valence-corrected chi connectivity index (χ4v) is 2.22. The summed E-state index contributed by atoms with van der Waals surface area (Å²) >= 11 is 0. The topological polar surface area (TPSA) is 40.2 Å². The van der Waals surface area contributed by atoms with E-state index in [-0.39, 0.29) is 0 Å². The molecule has 2 heterocycles. The second-order valence-electron chi connectivity index (χ2n) is 4.92. The number of nitrogens with one attached hydrogen (secondary N) is 2. The van der Waals surface area contributed by atoms with Gasteiger partial charge in [0.05, 0.1) is 0 Å². The highest BCUT2D eigenvalue weighted by Crippen LogP contribution is 2.22. The van der Waals surface area contributed by atoms with Gasteiger partial charge in [0.25, 0.3) is 0 Å². The molecule has 0 aromatic carbocycles. The number of anilines is 2. The zero-order chi connectivity index (χ0) is 12.3. The van der Waals surface area contributed by atoms with Gasteiger partial charge < -0.3 is 15.5 Å². The SMILES string of the molecule is CN[C@@H]1CCN(c2ccnc(NC(C)C)c2)C1. The molecule has 1 aromatic rings. The number of hydrogen-bond acceptors (Lipinski definition) is 4. The van der Waals surface area contributed by atoms with Crippen LogP contribution in [0.1, 0.15) is 20.3 Å². The fraction of sp³-hybridized carbons (Fsp3) is 0.615. The Bertz CT molecular complexity index is 364. The quantitative estimate of drug-likeness (QED) is 0.832. The summed E-state index contributed by atoms with van der Waals surface area (Å²) in [6.07, 6.45) is 3.10. The lowest BCUT2D eigenvalue weighted by Gasteiger charge is -2.19. The van der Waals surface area contributed by atoms with E-state index in [4.69, 9.17) is 0 Å². The van der Waals surface area contributed by atoms with E-state index in [2.05, 4.69) is 46.5 Å². The molecule has 0 saturated carbocycles. The molecular formula is C13H22N4. The van der Waals surface area contributed by atoms with E-state index in [0.717, 1.165) is 18.9 Å². The van der Waals surface area contributed by atoms with Crippen LogP contribution in [-0.2, 0) is 0 Å². The Labute approximate surface area is 103 Å². The molecule has 0 aliphatic carbocycles. The van der Waals surface area contributed by atoms with Crippen LogP contribution < -0.4 is 15.5 Å². The van der Waals surface area contributed by atoms with Crippen LogP contribution in [0.2, 0.25) is 0 Å². The van der Waals surface area contributed by atoms with Crippen molar-refractivity contribution in [2.75, 3.05) is 30.4 Å². The van der Waals surface area contributed by atoms with Crippen molar-refractivity contribution < 1.29 is 0 Å². The van der Waals surface area contributed by atoms with E-state index in [9.17, 15) is 0 Å². The average Bonchev–Trinajstić information content (AvgIpc) is 2.77. The van der Waals surface area contributed by atoms with Crippen LogP contribution in [0.5, 0.6) is 0 Å².